The van der Waals surface area contributed by atoms with Crippen LogP contribution in [0, 0.1) is 3.70 Å². The van der Waals surface area contributed by atoms with Crippen LogP contribution in [0.5, 0.6) is 0 Å². The standard InChI is InChI=1S/C8H13IN2/c1-8(2,3)7-10-5-6(9)11(7)4/h5H,1-4H3. The van der Waals surface area contributed by atoms with Gasteiger partial charge in [-0.3, -0.25) is 0 Å². The first-order valence-corrected chi connectivity index (χ1v) is 4.68. The van der Waals surface area contributed by atoms with Crippen LogP contribution in [0.25, 0.3) is 0 Å². The number of hydrogen-bond acceptors (Lipinski definition) is 1. The Kier molecular flexibility index (Phi) is 2.27. The van der Waals surface area contributed by atoms with Crippen LogP contribution in [0.2, 0.25) is 0 Å². The van der Waals surface area contributed by atoms with Gasteiger partial charge >= 0.3 is 0 Å². The Bertz CT molecular complexity index is 258. The Morgan fingerprint density at radius 1 is 1.45 bits per heavy atom. The molecule has 1 rings (SSSR count). The van der Waals surface area contributed by atoms with Gasteiger partial charge in [0.15, 0.2) is 0 Å². The van der Waals surface area contributed by atoms with Gasteiger partial charge in [0.2, 0.25) is 0 Å². The second-order valence-corrected chi connectivity index (χ2v) is 4.82. The van der Waals surface area contributed by atoms with Gasteiger partial charge in [0.1, 0.15) is 5.82 Å². The summed E-state index contributed by atoms with van der Waals surface area (Å²) in [4.78, 5) is 4.34. The topological polar surface area (TPSA) is 17.8 Å². The van der Waals surface area contributed by atoms with Crippen molar-refractivity contribution in [1.29, 1.82) is 0 Å². The van der Waals surface area contributed by atoms with Gasteiger partial charge in [-0.05, 0) is 22.6 Å². The molecule has 0 atom stereocenters. The fraction of sp³-hybridized carbons (Fsp3) is 0.625. The summed E-state index contributed by atoms with van der Waals surface area (Å²) >= 11 is 2.29. The molecule has 0 N–H and O–H groups in total. The van der Waals surface area contributed by atoms with E-state index in [2.05, 4.69) is 60.0 Å². The molecule has 0 amide bonds. The summed E-state index contributed by atoms with van der Waals surface area (Å²) in [5, 5.41) is 0. The minimum Gasteiger partial charge on any atom is -0.326 e. The fourth-order valence-electron chi connectivity index (χ4n) is 1.09. The lowest BCUT2D eigenvalue weighted by Gasteiger charge is -2.17. The van der Waals surface area contributed by atoms with Gasteiger partial charge in [0.25, 0.3) is 0 Å². The maximum atomic E-state index is 4.34. The lowest BCUT2D eigenvalue weighted by molar-refractivity contribution is 0.520. The molecule has 0 aromatic carbocycles. The van der Waals surface area contributed by atoms with E-state index in [4.69, 9.17) is 0 Å². The van der Waals surface area contributed by atoms with Gasteiger partial charge in [-0.25, -0.2) is 4.98 Å². The molecular formula is C8H13IN2. The summed E-state index contributed by atoms with van der Waals surface area (Å²) in [7, 11) is 2.05. The third-order valence-corrected chi connectivity index (χ3v) is 2.60. The van der Waals surface area contributed by atoms with Gasteiger partial charge in [0.05, 0.1) is 9.90 Å². The largest absolute Gasteiger partial charge is 0.326 e. The lowest BCUT2D eigenvalue weighted by atomic mass is 9.96. The van der Waals surface area contributed by atoms with E-state index in [0.29, 0.717) is 0 Å². The summed E-state index contributed by atoms with van der Waals surface area (Å²) in [6.45, 7) is 6.52. The Balaban J connectivity index is 3.15. The molecule has 0 aliphatic carbocycles. The number of rotatable bonds is 0. The molecule has 0 radical (unpaired) electrons. The highest BCUT2D eigenvalue weighted by Crippen LogP contribution is 2.21. The molecule has 62 valence electrons. The fourth-order valence-corrected chi connectivity index (χ4v) is 1.45. The molecule has 1 aromatic heterocycles. The van der Waals surface area contributed by atoms with Crippen molar-refractivity contribution in [2.75, 3.05) is 0 Å². The first-order valence-electron chi connectivity index (χ1n) is 3.60. The van der Waals surface area contributed by atoms with Crippen molar-refractivity contribution in [2.45, 2.75) is 26.2 Å². The first-order chi connectivity index (χ1) is 4.93. The zero-order valence-corrected chi connectivity index (χ0v) is 9.51. The molecule has 3 heteroatoms. The van der Waals surface area contributed by atoms with E-state index in [0.717, 1.165) is 5.82 Å². The van der Waals surface area contributed by atoms with Gasteiger partial charge in [-0.2, -0.15) is 0 Å². The van der Waals surface area contributed by atoms with Crippen LogP contribution in [0.4, 0.5) is 0 Å². The molecule has 0 saturated heterocycles. The first kappa shape index (κ1) is 9.03. The molecule has 11 heavy (non-hydrogen) atoms. The molecule has 0 aliphatic heterocycles. The van der Waals surface area contributed by atoms with E-state index < -0.39 is 0 Å². The normalized spacial score (nSPS) is 12.1. The van der Waals surface area contributed by atoms with Crippen molar-refractivity contribution < 1.29 is 0 Å². The SMILES string of the molecule is Cn1c(I)cnc1C(C)(C)C. The number of aromatic nitrogens is 2. The van der Waals surface area contributed by atoms with Gasteiger partial charge in [-0.15, -0.1) is 0 Å². The highest BCUT2D eigenvalue weighted by Gasteiger charge is 2.19. The minimum absolute atomic E-state index is 0.151. The minimum atomic E-state index is 0.151. The maximum absolute atomic E-state index is 4.34. The van der Waals surface area contributed by atoms with Crippen molar-refractivity contribution in [2.24, 2.45) is 7.05 Å². The van der Waals surface area contributed by atoms with Crippen molar-refractivity contribution in [3.8, 4) is 0 Å². The number of imidazole rings is 1. The molecule has 2 nitrogen and oxygen atoms in total. The molecule has 0 saturated carbocycles. The third-order valence-electron chi connectivity index (χ3n) is 1.60. The summed E-state index contributed by atoms with van der Waals surface area (Å²) in [6, 6.07) is 0. The van der Waals surface area contributed by atoms with Crippen LogP contribution in [-0.2, 0) is 12.5 Å². The lowest BCUT2D eigenvalue weighted by Crippen LogP contribution is -2.17. The van der Waals surface area contributed by atoms with E-state index in [1.165, 1.54) is 3.70 Å². The van der Waals surface area contributed by atoms with E-state index in [9.17, 15) is 0 Å². The molecule has 1 heterocycles. The van der Waals surface area contributed by atoms with E-state index in [-0.39, 0.29) is 5.41 Å². The van der Waals surface area contributed by atoms with Gasteiger partial charge in [0, 0.05) is 12.5 Å². The van der Waals surface area contributed by atoms with Crippen molar-refractivity contribution >= 4 is 22.6 Å². The molecule has 0 unspecified atom stereocenters. The monoisotopic (exact) mass is 264 g/mol. The smallest absolute Gasteiger partial charge is 0.114 e. The summed E-state index contributed by atoms with van der Waals surface area (Å²) in [5.41, 5.74) is 0.151. The Morgan fingerprint density at radius 2 is 2.00 bits per heavy atom. The van der Waals surface area contributed by atoms with E-state index >= 15 is 0 Å². The third kappa shape index (κ3) is 1.75. The van der Waals surface area contributed by atoms with Crippen LogP contribution in [-0.4, -0.2) is 9.55 Å². The number of hydrogen-bond donors (Lipinski definition) is 0. The predicted octanol–water partition coefficient (Wildman–Crippen LogP) is 2.32. The summed E-state index contributed by atoms with van der Waals surface area (Å²) in [6.07, 6.45) is 1.90. The Hall–Kier alpha value is -0.0600. The summed E-state index contributed by atoms with van der Waals surface area (Å²) in [5.74, 6) is 1.14. The van der Waals surface area contributed by atoms with Crippen LogP contribution in [0.1, 0.15) is 26.6 Å². The molecule has 0 spiro atoms. The zero-order chi connectivity index (χ0) is 8.65. The molecular weight excluding hydrogens is 251 g/mol. The van der Waals surface area contributed by atoms with E-state index in [1.807, 2.05) is 6.20 Å². The average molecular weight is 264 g/mol. The van der Waals surface area contributed by atoms with Crippen LogP contribution in [0.15, 0.2) is 6.20 Å². The van der Waals surface area contributed by atoms with Crippen LogP contribution < -0.4 is 0 Å². The molecule has 0 aliphatic rings. The zero-order valence-electron chi connectivity index (χ0n) is 7.35. The summed E-state index contributed by atoms with van der Waals surface area (Å²) < 4.78 is 3.31. The van der Waals surface area contributed by atoms with Crippen LogP contribution in [0.3, 0.4) is 0 Å². The van der Waals surface area contributed by atoms with Crippen molar-refractivity contribution in [1.82, 2.24) is 9.55 Å². The van der Waals surface area contributed by atoms with Gasteiger partial charge < -0.3 is 4.57 Å². The highest BCUT2D eigenvalue weighted by molar-refractivity contribution is 14.1. The van der Waals surface area contributed by atoms with Gasteiger partial charge in [-0.1, -0.05) is 20.8 Å². The maximum Gasteiger partial charge on any atom is 0.114 e. The van der Waals surface area contributed by atoms with Crippen LogP contribution >= 0.6 is 22.6 Å². The van der Waals surface area contributed by atoms with Crippen molar-refractivity contribution in [3.05, 3.63) is 15.7 Å². The number of halogens is 1. The Morgan fingerprint density at radius 3 is 2.18 bits per heavy atom. The second-order valence-electron chi connectivity index (χ2n) is 3.71. The van der Waals surface area contributed by atoms with E-state index in [1.54, 1.807) is 0 Å². The highest BCUT2D eigenvalue weighted by atomic mass is 127. The number of nitrogens with zero attached hydrogens (tertiary/aromatic N) is 2. The van der Waals surface area contributed by atoms with Crippen molar-refractivity contribution in [3.63, 3.8) is 0 Å². The molecule has 1 aromatic rings. The quantitative estimate of drug-likeness (QED) is 0.657. The molecule has 0 fully saturated rings. The second kappa shape index (κ2) is 2.77. The molecule has 0 bridgehead atoms. The Labute approximate surface area is 81.2 Å². The average Bonchev–Trinajstić information content (AvgIpc) is 2.11. The predicted molar refractivity (Wildman–Crippen MR) is 54.6 cm³/mol.